The summed E-state index contributed by atoms with van der Waals surface area (Å²) >= 11 is 0. The minimum atomic E-state index is -0.457. The number of rotatable bonds is 3. The average Bonchev–Trinajstić information content (AvgIpc) is 2.35. The number of hydrogen-bond donors (Lipinski definition) is 2. The fourth-order valence-corrected chi connectivity index (χ4v) is 2.15. The molecule has 0 aliphatic carbocycles. The van der Waals surface area contributed by atoms with E-state index in [4.69, 9.17) is 5.73 Å². The second-order valence-electron chi connectivity index (χ2n) is 4.46. The van der Waals surface area contributed by atoms with Crippen LogP contribution in [0.1, 0.15) is 22.8 Å². The largest absolute Gasteiger partial charge is 0.366 e. The Balaban J connectivity index is 2.18. The molecule has 5 nitrogen and oxygen atoms in total. The molecule has 1 aromatic rings. The summed E-state index contributed by atoms with van der Waals surface area (Å²) in [7, 11) is 0. The lowest BCUT2D eigenvalue weighted by molar-refractivity contribution is -0.135. The maximum atomic E-state index is 12.0. The van der Waals surface area contributed by atoms with Gasteiger partial charge in [-0.2, -0.15) is 0 Å². The fourth-order valence-electron chi connectivity index (χ4n) is 2.15. The topological polar surface area (TPSA) is 75.4 Å². The molecule has 2 rings (SSSR count). The SMILES string of the molecule is CC1NCCN(Cc2ccccc2C(N)=O)C1=O. The molecule has 0 saturated carbocycles. The normalized spacial score (nSPS) is 19.9. The molecule has 3 N–H and O–H groups in total. The van der Waals surface area contributed by atoms with Crippen LogP contribution in [0, 0.1) is 0 Å². The van der Waals surface area contributed by atoms with Crippen LogP contribution in [0.4, 0.5) is 0 Å². The van der Waals surface area contributed by atoms with Crippen molar-refractivity contribution in [2.24, 2.45) is 5.73 Å². The van der Waals surface area contributed by atoms with Crippen molar-refractivity contribution in [1.82, 2.24) is 10.2 Å². The highest BCUT2D eigenvalue weighted by atomic mass is 16.2. The highest BCUT2D eigenvalue weighted by molar-refractivity contribution is 5.94. The summed E-state index contributed by atoms with van der Waals surface area (Å²) in [6.45, 7) is 3.69. The molecule has 1 unspecified atom stereocenters. The minimum absolute atomic E-state index is 0.0560. The van der Waals surface area contributed by atoms with Gasteiger partial charge in [-0.3, -0.25) is 9.59 Å². The zero-order chi connectivity index (χ0) is 13.1. The first-order valence-electron chi connectivity index (χ1n) is 5.99. The van der Waals surface area contributed by atoms with E-state index in [1.54, 1.807) is 17.0 Å². The van der Waals surface area contributed by atoms with Crippen LogP contribution in [0.25, 0.3) is 0 Å². The first-order chi connectivity index (χ1) is 8.59. The third-order valence-electron chi connectivity index (χ3n) is 3.16. The van der Waals surface area contributed by atoms with E-state index in [1.165, 1.54) is 0 Å². The van der Waals surface area contributed by atoms with E-state index in [2.05, 4.69) is 5.32 Å². The maximum Gasteiger partial charge on any atom is 0.249 e. The second kappa shape index (κ2) is 5.18. The maximum absolute atomic E-state index is 12.0. The van der Waals surface area contributed by atoms with Crippen molar-refractivity contribution in [1.29, 1.82) is 0 Å². The highest BCUT2D eigenvalue weighted by Gasteiger charge is 2.25. The Bertz CT molecular complexity index is 473. The van der Waals surface area contributed by atoms with Crippen LogP contribution in [-0.2, 0) is 11.3 Å². The molecule has 1 aliphatic heterocycles. The van der Waals surface area contributed by atoms with Crippen molar-refractivity contribution < 1.29 is 9.59 Å². The Hall–Kier alpha value is -1.88. The molecule has 0 bridgehead atoms. The van der Waals surface area contributed by atoms with E-state index in [1.807, 2.05) is 19.1 Å². The number of nitrogens with one attached hydrogen (secondary N) is 1. The molecule has 5 heteroatoms. The Morgan fingerprint density at radius 3 is 2.94 bits per heavy atom. The summed E-state index contributed by atoms with van der Waals surface area (Å²) in [6, 6.07) is 6.97. The molecule has 96 valence electrons. The predicted molar refractivity (Wildman–Crippen MR) is 67.8 cm³/mol. The van der Waals surface area contributed by atoms with Gasteiger partial charge in [0.1, 0.15) is 0 Å². The van der Waals surface area contributed by atoms with Crippen LogP contribution in [0.5, 0.6) is 0 Å². The summed E-state index contributed by atoms with van der Waals surface area (Å²) in [5.74, 6) is -0.401. The summed E-state index contributed by atoms with van der Waals surface area (Å²) < 4.78 is 0. The van der Waals surface area contributed by atoms with Crippen molar-refractivity contribution in [3.8, 4) is 0 Å². The molecule has 0 spiro atoms. The van der Waals surface area contributed by atoms with Gasteiger partial charge >= 0.3 is 0 Å². The molecular weight excluding hydrogens is 230 g/mol. The van der Waals surface area contributed by atoms with Crippen LogP contribution in [0.3, 0.4) is 0 Å². The number of piperazine rings is 1. The van der Waals surface area contributed by atoms with Gasteiger partial charge in [-0.1, -0.05) is 18.2 Å². The van der Waals surface area contributed by atoms with Crippen LogP contribution < -0.4 is 11.1 Å². The van der Waals surface area contributed by atoms with Crippen molar-refractivity contribution >= 4 is 11.8 Å². The number of nitrogens with two attached hydrogens (primary N) is 1. The lowest BCUT2D eigenvalue weighted by Crippen LogP contribution is -2.53. The zero-order valence-corrected chi connectivity index (χ0v) is 10.3. The van der Waals surface area contributed by atoms with Crippen LogP contribution in [0.15, 0.2) is 24.3 Å². The van der Waals surface area contributed by atoms with Gasteiger partial charge in [0.15, 0.2) is 0 Å². The third-order valence-corrected chi connectivity index (χ3v) is 3.16. The van der Waals surface area contributed by atoms with Crippen molar-refractivity contribution in [2.45, 2.75) is 19.5 Å². The molecule has 1 saturated heterocycles. The number of carbonyl (C=O) groups is 2. The number of hydrogen-bond acceptors (Lipinski definition) is 3. The predicted octanol–water partition coefficient (Wildman–Crippen LogP) is 0.106. The molecule has 1 aliphatic rings. The molecule has 1 heterocycles. The Morgan fingerprint density at radius 2 is 2.22 bits per heavy atom. The van der Waals surface area contributed by atoms with Gasteiger partial charge in [0.05, 0.1) is 6.04 Å². The fraction of sp³-hybridized carbons (Fsp3) is 0.385. The minimum Gasteiger partial charge on any atom is -0.366 e. The Kier molecular flexibility index (Phi) is 3.62. The average molecular weight is 247 g/mol. The van der Waals surface area contributed by atoms with Gasteiger partial charge in [-0.05, 0) is 18.6 Å². The van der Waals surface area contributed by atoms with E-state index < -0.39 is 5.91 Å². The van der Waals surface area contributed by atoms with Gasteiger partial charge < -0.3 is 16.0 Å². The van der Waals surface area contributed by atoms with E-state index in [-0.39, 0.29) is 11.9 Å². The zero-order valence-electron chi connectivity index (χ0n) is 10.3. The van der Waals surface area contributed by atoms with Crippen LogP contribution in [0.2, 0.25) is 0 Å². The molecule has 0 radical (unpaired) electrons. The Labute approximate surface area is 106 Å². The summed E-state index contributed by atoms with van der Waals surface area (Å²) in [5, 5.41) is 3.10. The summed E-state index contributed by atoms with van der Waals surface area (Å²) in [6.07, 6.45) is 0. The molecule has 18 heavy (non-hydrogen) atoms. The molecule has 0 aromatic heterocycles. The van der Waals surface area contributed by atoms with E-state index in [0.717, 1.165) is 12.1 Å². The number of nitrogens with zero attached hydrogens (tertiary/aromatic N) is 1. The smallest absolute Gasteiger partial charge is 0.249 e. The van der Waals surface area contributed by atoms with Gasteiger partial charge in [-0.15, -0.1) is 0 Å². The monoisotopic (exact) mass is 247 g/mol. The molecule has 1 aromatic carbocycles. The second-order valence-corrected chi connectivity index (χ2v) is 4.46. The molecule has 1 fully saturated rings. The summed E-state index contributed by atoms with van der Waals surface area (Å²) in [5.41, 5.74) is 6.61. The lowest BCUT2D eigenvalue weighted by Gasteiger charge is -2.31. The van der Waals surface area contributed by atoms with Crippen LogP contribution in [-0.4, -0.2) is 35.8 Å². The third kappa shape index (κ3) is 2.51. The van der Waals surface area contributed by atoms with E-state index in [9.17, 15) is 9.59 Å². The number of amides is 2. The van der Waals surface area contributed by atoms with Crippen molar-refractivity contribution in [2.75, 3.05) is 13.1 Å². The van der Waals surface area contributed by atoms with Crippen molar-refractivity contribution in [3.05, 3.63) is 35.4 Å². The molecule has 2 amide bonds. The lowest BCUT2D eigenvalue weighted by atomic mass is 10.1. The first-order valence-corrected chi connectivity index (χ1v) is 5.99. The van der Waals surface area contributed by atoms with Gasteiger partial charge in [0.25, 0.3) is 0 Å². The quantitative estimate of drug-likeness (QED) is 0.795. The first kappa shape index (κ1) is 12.6. The standard InChI is InChI=1S/C13H17N3O2/c1-9-13(18)16(7-6-15-9)8-10-4-2-3-5-11(10)12(14)17/h2-5,9,15H,6-8H2,1H3,(H2,14,17). The van der Waals surface area contributed by atoms with E-state index in [0.29, 0.717) is 18.7 Å². The number of benzene rings is 1. The molecular formula is C13H17N3O2. The highest BCUT2D eigenvalue weighted by Crippen LogP contribution is 2.13. The van der Waals surface area contributed by atoms with Crippen LogP contribution >= 0.6 is 0 Å². The van der Waals surface area contributed by atoms with Gasteiger partial charge in [0.2, 0.25) is 11.8 Å². The number of primary amides is 1. The number of carbonyl (C=O) groups excluding carboxylic acids is 2. The summed E-state index contributed by atoms with van der Waals surface area (Å²) in [4.78, 5) is 25.0. The van der Waals surface area contributed by atoms with Gasteiger partial charge in [-0.25, -0.2) is 0 Å². The van der Waals surface area contributed by atoms with E-state index >= 15 is 0 Å². The Morgan fingerprint density at radius 1 is 1.50 bits per heavy atom. The van der Waals surface area contributed by atoms with Crippen molar-refractivity contribution in [3.63, 3.8) is 0 Å². The molecule has 1 atom stereocenters. The van der Waals surface area contributed by atoms with Gasteiger partial charge in [0, 0.05) is 25.2 Å².